The molecule has 0 bridgehead atoms. The van der Waals surface area contributed by atoms with Crippen LogP contribution >= 0.6 is 15.9 Å². The van der Waals surface area contributed by atoms with E-state index in [1.807, 2.05) is 24.3 Å². The maximum atomic E-state index is 4.10. The molecule has 0 unspecified atom stereocenters. The van der Waals surface area contributed by atoms with Crippen LogP contribution in [-0.2, 0) is 0 Å². The van der Waals surface area contributed by atoms with Crippen molar-refractivity contribution in [2.75, 3.05) is 0 Å². The quantitative estimate of drug-likeness (QED) is 0.832. The number of nitrogens with zero attached hydrogens (tertiary/aromatic N) is 3. The Labute approximate surface area is 89.2 Å². The molecular formula is C9H7BrN4. The summed E-state index contributed by atoms with van der Waals surface area (Å²) in [7, 11) is 0. The topological polar surface area (TPSA) is 53.9 Å². The van der Waals surface area contributed by atoms with Gasteiger partial charge in [0.2, 0.25) is 5.95 Å². The van der Waals surface area contributed by atoms with E-state index in [2.05, 4.69) is 36.1 Å². The van der Waals surface area contributed by atoms with Gasteiger partial charge in [-0.15, -0.1) is 0 Å². The van der Waals surface area contributed by atoms with Crippen LogP contribution in [0, 0.1) is 0 Å². The number of rotatable bonds is 2. The average molecular weight is 251 g/mol. The van der Waals surface area contributed by atoms with E-state index in [9.17, 15) is 0 Å². The van der Waals surface area contributed by atoms with Crippen molar-refractivity contribution in [3.63, 3.8) is 0 Å². The molecule has 0 aliphatic carbocycles. The van der Waals surface area contributed by atoms with Crippen molar-refractivity contribution in [2.45, 2.75) is 0 Å². The SMILES string of the molecule is Brc1ccc(C=Nc2ncn[nH]2)cc1. The second-order valence-corrected chi connectivity index (χ2v) is 3.53. The van der Waals surface area contributed by atoms with E-state index >= 15 is 0 Å². The number of aromatic amines is 1. The van der Waals surface area contributed by atoms with Crippen LogP contribution < -0.4 is 0 Å². The molecule has 1 aromatic heterocycles. The molecule has 70 valence electrons. The molecule has 0 aliphatic heterocycles. The Morgan fingerprint density at radius 1 is 1.29 bits per heavy atom. The number of benzene rings is 1. The fourth-order valence-electron chi connectivity index (χ4n) is 0.946. The largest absolute Gasteiger partial charge is 0.245 e. The van der Waals surface area contributed by atoms with Gasteiger partial charge in [-0.25, -0.2) is 10.1 Å². The molecule has 0 amide bonds. The first-order chi connectivity index (χ1) is 6.84. The van der Waals surface area contributed by atoms with Gasteiger partial charge in [-0.2, -0.15) is 10.1 Å². The van der Waals surface area contributed by atoms with Gasteiger partial charge in [-0.3, -0.25) is 0 Å². The minimum absolute atomic E-state index is 0.507. The van der Waals surface area contributed by atoms with Crippen LogP contribution in [0.3, 0.4) is 0 Å². The number of hydrogen-bond donors (Lipinski definition) is 1. The highest BCUT2D eigenvalue weighted by molar-refractivity contribution is 9.10. The third-order valence-corrected chi connectivity index (χ3v) is 2.14. The van der Waals surface area contributed by atoms with Gasteiger partial charge in [0.25, 0.3) is 0 Å². The molecule has 1 N–H and O–H groups in total. The highest BCUT2D eigenvalue weighted by Crippen LogP contribution is 2.09. The first kappa shape index (κ1) is 9.08. The van der Waals surface area contributed by atoms with Crippen molar-refractivity contribution in [1.82, 2.24) is 15.2 Å². The summed E-state index contributed by atoms with van der Waals surface area (Å²) in [6, 6.07) is 7.84. The lowest BCUT2D eigenvalue weighted by atomic mass is 10.2. The molecule has 5 heteroatoms. The summed E-state index contributed by atoms with van der Waals surface area (Å²) in [6.45, 7) is 0. The first-order valence-corrected chi connectivity index (χ1v) is 4.79. The van der Waals surface area contributed by atoms with Crippen LogP contribution in [0.15, 0.2) is 40.1 Å². The average Bonchev–Trinajstić information content (AvgIpc) is 2.70. The van der Waals surface area contributed by atoms with Crippen LogP contribution in [0.25, 0.3) is 0 Å². The molecule has 0 atom stereocenters. The number of halogens is 1. The number of aromatic nitrogens is 3. The fourth-order valence-corrected chi connectivity index (χ4v) is 1.21. The Morgan fingerprint density at radius 2 is 2.07 bits per heavy atom. The lowest BCUT2D eigenvalue weighted by Gasteiger charge is -1.91. The summed E-state index contributed by atoms with van der Waals surface area (Å²) in [4.78, 5) is 7.97. The van der Waals surface area contributed by atoms with Gasteiger partial charge in [0.05, 0.1) is 0 Å². The lowest BCUT2D eigenvalue weighted by Crippen LogP contribution is -1.79. The highest BCUT2D eigenvalue weighted by Gasteiger charge is 1.90. The van der Waals surface area contributed by atoms with Gasteiger partial charge >= 0.3 is 0 Å². The van der Waals surface area contributed by atoms with Crippen LogP contribution in [0.2, 0.25) is 0 Å². The molecule has 1 heterocycles. The van der Waals surface area contributed by atoms with E-state index in [0.717, 1.165) is 10.0 Å². The summed E-state index contributed by atoms with van der Waals surface area (Å²) in [6.07, 6.45) is 3.15. The van der Waals surface area contributed by atoms with Gasteiger partial charge in [-0.1, -0.05) is 28.1 Å². The maximum Gasteiger partial charge on any atom is 0.245 e. The van der Waals surface area contributed by atoms with E-state index in [0.29, 0.717) is 5.95 Å². The van der Waals surface area contributed by atoms with Crippen molar-refractivity contribution in [2.24, 2.45) is 4.99 Å². The smallest absolute Gasteiger partial charge is 0.244 e. The van der Waals surface area contributed by atoms with Gasteiger partial charge in [0.1, 0.15) is 6.33 Å². The fraction of sp³-hybridized carbons (Fsp3) is 0. The highest BCUT2D eigenvalue weighted by atomic mass is 79.9. The zero-order valence-corrected chi connectivity index (χ0v) is 8.77. The van der Waals surface area contributed by atoms with E-state index in [-0.39, 0.29) is 0 Å². The predicted molar refractivity (Wildman–Crippen MR) is 57.8 cm³/mol. The summed E-state index contributed by atoms with van der Waals surface area (Å²) >= 11 is 3.36. The molecule has 0 saturated heterocycles. The van der Waals surface area contributed by atoms with Crippen molar-refractivity contribution in [1.29, 1.82) is 0 Å². The van der Waals surface area contributed by atoms with E-state index < -0.39 is 0 Å². The Balaban J connectivity index is 2.15. The number of aliphatic imine (C=N–C) groups is 1. The van der Waals surface area contributed by atoms with Gasteiger partial charge in [-0.05, 0) is 17.7 Å². The summed E-state index contributed by atoms with van der Waals surface area (Å²) < 4.78 is 1.05. The third-order valence-electron chi connectivity index (χ3n) is 1.61. The zero-order valence-electron chi connectivity index (χ0n) is 7.18. The molecule has 4 nitrogen and oxygen atoms in total. The zero-order chi connectivity index (χ0) is 9.80. The standard InChI is InChI=1S/C9H7BrN4/c10-8-3-1-7(2-4-8)5-11-9-12-6-13-14-9/h1-6H,(H,12,13,14). The molecule has 1 aromatic carbocycles. The van der Waals surface area contributed by atoms with E-state index in [4.69, 9.17) is 0 Å². The minimum atomic E-state index is 0.507. The minimum Gasteiger partial charge on any atom is -0.244 e. The molecule has 0 radical (unpaired) electrons. The molecule has 0 fully saturated rings. The third kappa shape index (κ3) is 2.26. The second kappa shape index (κ2) is 4.15. The first-order valence-electron chi connectivity index (χ1n) is 3.99. The Kier molecular flexibility index (Phi) is 2.69. The molecule has 0 spiro atoms. The Morgan fingerprint density at radius 3 is 2.71 bits per heavy atom. The number of nitrogens with one attached hydrogen (secondary N) is 1. The van der Waals surface area contributed by atoms with Crippen LogP contribution in [0.4, 0.5) is 5.95 Å². The van der Waals surface area contributed by atoms with E-state index in [1.165, 1.54) is 6.33 Å². The van der Waals surface area contributed by atoms with E-state index in [1.54, 1.807) is 6.21 Å². The van der Waals surface area contributed by atoms with Gasteiger partial charge in [0, 0.05) is 10.7 Å². The predicted octanol–water partition coefficient (Wildman–Crippen LogP) is 2.32. The molecule has 0 aliphatic rings. The van der Waals surface area contributed by atoms with Crippen LogP contribution in [0.1, 0.15) is 5.56 Å². The van der Waals surface area contributed by atoms with Crippen molar-refractivity contribution in [3.8, 4) is 0 Å². The summed E-state index contributed by atoms with van der Waals surface area (Å²) in [5, 5.41) is 6.34. The van der Waals surface area contributed by atoms with Crippen LogP contribution in [0.5, 0.6) is 0 Å². The van der Waals surface area contributed by atoms with Crippen molar-refractivity contribution < 1.29 is 0 Å². The Bertz CT molecular complexity index is 419. The molecule has 14 heavy (non-hydrogen) atoms. The summed E-state index contributed by atoms with van der Waals surface area (Å²) in [5.41, 5.74) is 1.02. The monoisotopic (exact) mass is 250 g/mol. The number of hydrogen-bond acceptors (Lipinski definition) is 3. The molecule has 2 aromatic rings. The molecule has 0 saturated carbocycles. The van der Waals surface area contributed by atoms with Crippen LogP contribution in [-0.4, -0.2) is 21.4 Å². The molecular weight excluding hydrogens is 244 g/mol. The number of H-pyrrole nitrogens is 1. The van der Waals surface area contributed by atoms with Crippen molar-refractivity contribution in [3.05, 3.63) is 40.6 Å². The van der Waals surface area contributed by atoms with Gasteiger partial charge < -0.3 is 0 Å². The van der Waals surface area contributed by atoms with Crippen molar-refractivity contribution >= 4 is 28.1 Å². The van der Waals surface area contributed by atoms with Gasteiger partial charge in [0.15, 0.2) is 0 Å². The maximum absolute atomic E-state index is 4.10. The Hall–Kier alpha value is -1.49. The normalized spacial score (nSPS) is 10.9. The summed E-state index contributed by atoms with van der Waals surface area (Å²) in [5.74, 6) is 0.507. The lowest BCUT2D eigenvalue weighted by molar-refractivity contribution is 1.08. The molecule has 2 rings (SSSR count). The second-order valence-electron chi connectivity index (χ2n) is 2.62.